The van der Waals surface area contributed by atoms with Crippen LogP contribution in [0, 0.1) is 6.92 Å². The molecule has 2 aromatic carbocycles. The topological polar surface area (TPSA) is 55.6 Å². The molecule has 5 nitrogen and oxygen atoms in total. The number of hydrogen-bond acceptors (Lipinski definition) is 4. The Kier molecular flexibility index (Phi) is 3.90. The van der Waals surface area contributed by atoms with Gasteiger partial charge < -0.3 is 5.32 Å². The average molecular weight is 329 g/mol. The van der Waals surface area contributed by atoms with Crippen molar-refractivity contribution in [2.75, 3.05) is 5.32 Å². The Balaban J connectivity index is 1.57. The Hall–Kier alpha value is -3.21. The summed E-state index contributed by atoms with van der Waals surface area (Å²) in [5.41, 5.74) is 4.95. The van der Waals surface area contributed by atoms with E-state index in [4.69, 9.17) is 4.98 Å². The van der Waals surface area contributed by atoms with Crippen LogP contribution >= 0.6 is 0 Å². The predicted octanol–water partition coefficient (Wildman–Crippen LogP) is 4.30. The summed E-state index contributed by atoms with van der Waals surface area (Å²) in [6.07, 6.45) is 3.71. The van der Waals surface area contributed by atoms with Gasteiger partial charge in [0.25, 0.3) is 0 Å². The van der Waals surface area contributed by atoms with E-state index in [1.54, 1.807) is 6.20 Å². The molecule has 5 heteroatoms. The van der Waals surface area contributed by atoms with Crippen molar-refractivity contribution in [1.29, 1.82) is 0 Å². The van der Waals surface area contributed by atoms with Crippen molar-refractivity contribution in [3.63, 3.8) is 0 Å². The molecule has 0 radical (unpaired) electrons. The normalized spacial score (nSPS) is 12.2. The molecule has 0 fully saturated rings. The van der Waals surface area contributed by atoms with Crippen molar-refractivity contribution in [2.24, 2.45) is 0 Å². The molecule has 0 aliphatic heterocycles. The van der Waals surface area contributed by atoms with Crippen LogP contribution in [0.2, 0.25) is 0 Å². The van der Waals surface area contributed by atoms with Gasteiger partial charge in [0.2, 0.25) is 0 Å². The third kappa shape index (κ3) is 3.08. The van der Waals surface area contributed by atoms with Crippen LogP contribution in [0.25, 0.3) is 16.7 Å². The second-order valence-electron chi connectivity index (χ2n) is 6.05. The zero-order valence-corrected chi connectivity index (χ0v) is 14.2. The molecule has 0 spiro atoms. The van der Waals surface area contributed by atoms with E-state index in [9.17, 15) is 0 Å². The fourth-order valence-corrected chi connectivity index (χ4v) is 2.85. The maximum atomic E-state index is 4.71. The summed E-state index contributed by atoms with van der Waals surface area (Å²) in [5, 5.41) is 7.73. The van der Waals surface area contributed by atoms with Gasteiger partial charge in [-0.05, 0) is 49.7 Å². The van der Waals surface area contributed by atoms with E-state index in [1.165, 1.54) is 5.56 Å². The van der Waals surface area contributed by atoms with Crippen LogP contribution in [0.15, 0.2) is 67.0 Å². The number of aryl methyl sites for hydroxylation is 1. The van der Waals surface area contributed by atoms with Crippen molar-refractivity contribution in [3.05, 3.63) is 78.2 Å². The Bertz CT molecular complexity index is 990. The van der Waals surface area contributed by atoms with Crippen LogP contribution in [0.1, 0.15) is 24.2 Å². The first-order valence-electron chi connectivity index (χ1n) is 8.30. The van der Waals surface area contributed by atoms with Gasteiger partial charge in [-0.15, -0.1) is 0 Å². The van der Waals surface area contributed by atoms with Gasteiger partial charge in [0.1, 0.15) is 5.82 Å². The Morgan fingerprint density at radius 2 is 1.64 bits per heavy atom. The van der Waals surface area contributed by atoms with Crippen LogP contribution < -0.4 is 5.32 Å². The summed E-state index contributed by atoms with van der Waals surface area (Å²) in [7, 11) is 0. The minimum Gasteiger partial charge on any atom is -0.362 e. The molecular formula is C20H19N5. The third-order valence-electron chi connectivity index (χ3n) is 4.26. The summed E-state index contributed by atoms with van der Waals surface area (Å²) in [6.45, 7) is 4.11. The van der Waals surface area contributed by atoms with Gasteiger partial charge in [0, 0.05) is 12.4 Å². The first kappa shape index (κ1) is 15.3. The number of nitrogens with zero attached hydrogens (tertiary/aromatic N) is 4. The van der Waals surface area contributed by atoms with Gasteiger partial charge in [-0.25, -0.2) is 14.6 Å². The van der Waals surface area contributed by atoms with Crippen molar-refractivity contribution in [3.8, 4) is 5.69 Å². The number of benzene rings is 2. The summed E-state index contributed by atoms with van der Waals surface area (Å²) >= 11 is 0. The molecule has 1 N–H and O–H groups in total. The first-order valence-corrected chi connectivity index (χ1v) is 8.30. The van der Waals surface area contributed by atoms with E-state index in [0.29, 0.717) is 0 Å². The van der Waals surface area contributed by atoms with Crippen LogP contribution in [0.5, 0.6) is 0 Å². The zero-order chi connectivity index (χ0) is 17.2. The fraction of sp³-hybridized carbons (Fsp3) is 0.150. The summed E-state index contributed by atoms with van der Waals surface area (Å²) < 4.78 is 1.85. The second-order valence-corrected chi connectivity index (χ2v) is 6.05. The lowest BCUT2D eigenvalue weighted by Gasteiger charge is -2.17. The Labute approximate surface area is 146 Å². The predicted molar refractivity (Wildman–Crippen MR) is 99.9 cm³/mol. The first-order chi connectivity index (χ1) is 12.2. The molecule has 1 atom stereocenters. The number of para-hydroxylation sites is 2. The molecule has 0 amide bonds. The van der Waals surface area contributed by atoms with Gasteiger partial charge in [-0.2, -0.15) is 5.10 Å². The Morgan fingerprint density at radius 3 is 2.32 bits per heavy atom. The highest BCUT2D eigenvalue weighted by molar-refractivity contribution is 5.76. The van der Waals surface area contributed by atoms with E-state index >= 15 is 0 Å². The molecule has 25 heavy (non-hydrogen) atoms. The minimum atomic E-state index is 0.126. The van der Waals surface area contributed by atoms with E-state index < -0.39 is 0 Å². The van der Waals surface area contributed by atoms with Crippen molar-refractivity contribution in [1.82, 2.24) is 19.7 Å². The summed E-state index contributed by atoms with van der Waals surface area (Å²) in [6, 6.07) is 18.3. The smallest absolute Gasteiger partial charge is 0.148 e. The van der Waals surface area contributed by atoms with Crippen molar-refractivity contribution >= 4 is 16.9 Å². The van der Waals surface area contributed by atoms with Gasteiger partial charge in [-0.1, -0.05) is 24.3 Å². The molecule has 1 unspecified atom stereocenters. The highest BCUT2D eigenvalue weighted by Crippen LogP contribution is 2.22. The maximum Gasteiger partial charge on any atom is 0.148 e. The summed E-state index contributed by atoms with van der Waals surface area (Å²) in [4.78, 5) is 9.34. The van der Waals surface area contributed by atoms with Gasteiger partial charge >= 0.3 is 0 Å². The highest BCUT2D eigenvalue weighted by Gasteiger charge is 2.10. The largest absolute Gasteiger partial charge is 0.362 e. The number of anilines is 1. The quantitative estimate of drug-likeness (QED) is 0.606. The molecular weight excluding hydrogens is 310 g/mol. The molecule has 0 saturated heterocycles. The van der Waals surface area contributed by atoms with E-state index in [-0.39, 0.29) is 6.04 Å². The molecule has 4 aromatic rings. The van der Waals surface area contributed by atoms with Crippen LogP contribution in [-0.2, 0) is 0 Å². The lowest BCUT2D eigenvalue weighted by Crippen LogP contribution is -2.10. The highest BCUT2D eigenvalue weighted by atomic mass is 15.3. The van der Waals surface area contributed by atoms with Crippen LogP contribution in [0.3, 0.4) is 0 Å². The number of fused-ring (bicyclic) bond motifs is 1. The van der Waals surface area contributed by atoms with Crippen molar-refractivity contribution in [2.45, 2.75) is 19.9 Å². The minimum absolute atomic E-state index is 0.126. The van der Waals surface area contributed by atoms with Gasteiger partial charge in [0.15, 0.2) is 0 Å². The molecule has 0 bridgehead atoms. The number of nitrogens with one attached hydrogen (secondary N) is 1. The van der Waals surface area contributed by atoms with E-state index in [2.05, 4.69) is 46.6 Å². The lowest BCUT2D eigenvalue weighted by molar-refractivity contribution is 0.856. The third-order valence-corrected chi connectivity index (χ3v) is 4.26. The Morgan fingerprint density at radius 1 is 0.920 bits per heavy atom. The van der Waals surface area contributed by atoms with Crippen molar-refractivity contribution < 1.29 is 0 Å². The monoisotopic (exact) mass is 329 g/mol. The zero-order valence-electron chi connectivity index (χ0n) is 14.2. The van der Waals surface area contributed by atoms with Gasteiger partial charge in [0.05, 0.1) is 28.5 Å². The molecule has 2 heterocycles. The molecule has 0 saturated carbocycles. The molecule has 0 aliphatic rings. The molecule has 124 valence electrons. The average Bonchev–Trinajstić information content (AvgIpc) is 3.17. The number of aromatic nitrogens is 4. The fourth-order valence-electron chi connectivity index (χ4n) is 2.85. The van der Waals surface area contributed by atoms with Crippen LogP contribution in [0.4, 0.5) is 5.82 Å². The van der Waals surface area contributed by atoms with E-state index in [0.717, 1.165) is 28.2 Å². The summed E-state index contributed by atoms with van der Waals surface area (Å²) in [5.74, 6) is 0.822. The van der Waals surface area contributed by atoms with Crippen LogP contribution in [-0.4, -0.2) is 19.7 Å². The maximum absolute atomic E-state index is 4.71. The standard InChI is InChI=1S/C20H19N5/c1-14(16-8-10-17(11-9-16)25-13-5-12-21-25)23-20-15(2)22-18-6-3-4-7-19(18)24-20/h3-14H,1-2H3,(H,23,24). The van der Waals surface area contributed by atoms with Gasteiger partial charge in [-0.3, -0.25) is 0 Å². The SMILES string of the molecule is Cc1nc2ccccc2nc1NC(C)c1ccc(-n2cccn2)cc1. The number of hydrogen-bond donors (Lipinski definition) is 1. The van der Waals surface area contributed by atoms with E-state index in [1.807, 2.05) is 48.1 Å². The molecule has 4 rings (SSSR count). The molecule has 0 aliphatic carbocycles. The number of rotatable bonds is 4. The second kappa shape index (κ2) is 6.36. The molecule has 2 aromatic heterocycles. The lowest BCUT2D eigenvalue weighted by atomic mass is 10.1.